The largest absolute Gasteiger partial charge is 0.511 e. The van der Waals surface area contributed by atoms with Crippen LogP contribution in [0.4, 0.5) is 8.22 Å². The topological polar surface area (TPSA) is 0 Å². The summed E-state index contributed by atoms with van der Waals surface area (Å²) in [5, 5.41) is 0.229. The Hall–Kier alpha value is -0.703. The Balaban J connectivity index is 3.03. The van der Waals surface area contributed by atoms with Crippen molar-refractivity contribution in [3.05, 3.63) is 29.8 Å². The smallest absolute Gasteiger partial charge is 0.262 e. The van der Waals surface area contributed by atoms with E-state index in [-0.39, 0.29) is 5.19 Å². The number of hydrogen-bond donors (Lipinski definition) is 0. The summed E-state index contributed by atoms with van der Waals surface area (Å²) < 4.78 is 24.3. The van der Waals surface area contributed by atoms with Gasteiger partial charge in [0.15, 0.2) is 0 Å². The predicted octanol–water partition coefficient (Wildman–Crippen LogP) is 1.63. The van der Waals surface area contributed by atoms with Crippen LogP contribution in [0, 0.1) is 6.92 Å². The summed E-state index contributed by atoms with van der Waals surface area (Å²) in [5.41, 5.74) is 0.696. The first-order chi connectivity index (χ1) is 4.72. The minimum Gasteiger partial charge on any atom is -0.262 e. The third-order valence-corrected chi connectivity index (χ3v) is 2.32. The van der Waals surface area contributed by atoms with Crippen LogP contribution in [0.3, 0.4) is 0 Å². The van der Waals surface area contributed by atoms with Crippen LogP contribution in [-0.4, -0.2) is 9.46 Å². The highest BCUT2D eigenvalue weighted by atomic mass is 28.4. The summed E-state index contributed by atoms with van der Waals surface area (Å²) in [5.74, 6) is 0. The van der Waals surface area contributed by atoms with Gasteiger partial charge >= 0.3 is 9.46 Å². The lowest BCUT2D eigenvalue weighted by Gasteiger charge is -1.98. The van der Waals surface area contributed by atoms with E-state index in [0.717, 1.165) is 0 Å². The molecule has 0 spiro atoms. The fraction of sp³-hybridized carbons (Fsp3) is 0.143. The molecule has 0 aliphatic rings. The van der Waals surface area contributed by atoms with Crippen LogP contribution in [0.2, 0.25) is 0 Å². The lowest BCUT2D eigenvalue weighted by Crippen LogP contribution is -2.22. The Bertz CT molecular complexity index is 223. The fourth-order valence-corrected chi connectivity index (χ4v) is 1.39. The molecular formula is C7H7F2Si. The molecule has 0 saturated carbocycles. The van der Waals surface area contributed by atoms with E-state index in [0.29, 0.717) is 5.56 Å². The second-order valence-electron chi connectivity index (χ2n) is 2.08. The molecule has 53 valence electrons. The Morgan fingerprint density at radius 1 is 1.20 bits per heavy atom. The molecule has 3 heteroatoms. The number of aryl methyl sites for hydroxylation is 1. The van der Waals surface area contributed by atoms with Gasteiger partial charge in [-0.3, -0.25) is 8.22 Å². The zero-order chi connectivity index (χ0) is 7.56. The second kappa shape index (κ2) is 2.92. The van der Waals surface area contributed by atoms with Gasteiger partial charge in [-0.2, -0.15) is 0 Å². The molecule has 0 amide bonds. The quantitative estimate of drug-likeness (QED) is 0.429. The van der Waals surface area contributed by atoms with E-state index in [9.17, 15) is 8.22 Å². The maximum absolute atomic E-state index is 12.1. The molecule has 0 heterocycles. The molecule has 0 aliphatic carbocycles. The molecular weight excluding hydrogens is 150 g/mol. The summed E-state index contributed by atoms with van der Waals surface area (Å²) in [6, 6.07) is 6.61. The predicted molar refractivity (Wildman–Crippen MR) is 38.8 cm³/mol. The van der Waals surface area contributed by atoms with Crippen LogP contribution in [0.5, 0.6) is 0 Å². The Morgan fingerprint density at radius 2 is 1.80 bits per heavy atom. The number of benzene rings is 1. The average Bonchev–Trinajstić information content (AvgIpc) is 1.88. The molecule has 0 bridgehead atoms. The van der Waals surface area contributed by atoms with Gasteiger partial charge in [-0.25, -0.2) is 0 Å². The van der Waals surface area contributed by atoms with Crippen LogP contribution in [0.15, 0.2) is 24.3 Å². The normalized spacial score (nSPS) is 10.4. The standard InChI is InChI=1S/C7H7F2Si/c1-6-4-2-3-5-7(6)10(8)9/h2-5H,1H3. The maximum Gasteiger partial charge on any atom is 0.511 e. The van der Waals surface area contributed by atoms with Gasteiger partial charge in [-0.05, 0) is 12.5 Å². The molecule has 0 N–H and O–H groups in total. The molecule has 0 nitrogen and oxygen atoms in total. The first kappa shape index (κ1) is 7.40. The van der Waals surface area contributed by atoms with Crippen LogP contribution in [0.1, 0.15) is 5.56 Å². The molecule has 0 aliphatic heterocycles. The minimum absolute atomic E-state index is 0.229. The molecule has 0 saturated heterocycles. The molecule has 1 radical (unpaired) electrons. The highest BCUT2D eigenvalue weighted by Crippen LogP contribution is 1.97. The number of rotatable bonds is 1. The van der Waals surface area contributed by atoms with E-state index in [1.165, 1.54) is 6.07 Å². The van der Waals surface area contributed by atoms with Crippen LogP contribution >= 0.6 is 0 Å². The highest BCUT2D eigenvalue weighted by Gasteiger charge is 2.15. The van der Waals surface area contributed by atoms with Crippen molar-refractivity contribution >= 4 is 14.7 Å². The van der Waals surface area contributed by atoms with E-state index in [2.05, 4.69) is 0 Å². The van der Waals surface area contributed by atoms with E-state index in [1.54, 1.807) is 25.1 Å². The van der Waals surface area contributed by atoms with Gasteiger partial charge in [0.25, 0.3) is 0 Å². The van der Waals surface area contributed by atoms with E-state index >= 15 is 0 Å². The monoisotopic (exact) mass is 157 g/mol. The third-order valence-electron chi connectivity index (χ3n) is 1.35. The maximum atomic E-state index is 12.1. The molecule has 1 aromatic rings. The van der Waals surface area contributed by atoms with Gasteiger partial charge in [-0.1, -0.05) is 24.3 Å². The van der Waals surface area contributed by atoms with Crippen molar-refractivity contribution in [2.45, 2.75) is 6.92 Å². The van der Waals surface area contributed by atoms with Crippen molar-refractivity contribution < 1.29 is 8.22 Å². The van der Waals surface area contributed by atoms with Crippen LogP contribution < -0.4 is 5.19 Å². The Labute approximate surface area is 60.5 Å². The highest BCUT2D eigenvalue weighted by molar-refractivity contribution is 6.60. The van der Waals surface area contributed by atoms with E-state index < -0.39 is 9.46 Å². The van der Waals surface area contributed by atoms with Gasteiger partial charge < -0.3 is 0 Å². The van der Waals surface area contributed by atoms with Crippen LogP contribution in [-0.2, 0) is 0 Å². The zero-order valence-electron chi connectivity index (χ0n) is 5.57. The minimum atomic E-state index is -3.24. The molecule has 10 heavy (non-hydrogen) atoms. The van der Waals surface area contributed by atoms with Crippen molar-refractivity contribution in [3.63, 3.8) is 0 Å². The SMILES string of the molecule is Cc1ccccc1[Si](F)F. The summed E-state index contributed by atoms with van der Waals surface area (Å²) in [6.45, 7) is 1.71. The van der Waals surface area contributed by atoms with Gasteiger partial charge in [0.05, 0.1) is 0 Å². The molecule has 0 aromatic heterocycles. The van der Waals surface area contributed by atoms with Gasteiger partial charge in [0.1, 0.15) is 0 Å². The fourth-order valence-electron chi connectivity index (χ4n) is 0.785. The number of halogens is 2. The van der Waals surface area contributed by atoms with Crippen molar-refractivity contribution in [1.29, 1.82) is 0 Å². The molecule has 0 unspecified atom stereocenters. The van der Waals surface area contributed by atoms with E-state index in [4.69, 9.17) is 0 Å². The van der Waals surface area contributed by atoms with Crippen molar-refractivity contribution in [2.75, 3.05) is 0 Å². The number of hydrogen-bond acceptors (Lipinski definition) is 0. The molecule has 0 fully saturated rings. The molecule has 0 atom stereocenters. The van der Waals surface area contributed by atoms with Crippen LogP contribution in [0.25, 0.3) is 0 Å². The Morgan fingerprint density at radius 3 is 2.20 bits per heavy atom. The lowest BCUT2D eigenvalue weighted by molar-refractivity contribution is 0.684. The molecule has 1 rings (SSSR count). The second-order valence-corrected chi connectivity index (χ2v) is 3.13. The summed E-state index contributed by atoms with van der Waals surface area (Å²) in [7, 11) is -3.24. The summed E-state index contributed by atoms with van der Waals surface area (Å²) >= 11 is 0. The van der Waals surface area contributed by atoms with Crippen molar-refractivity contribution in [2.24, 2.45) is 0 Å². The van der Waals surface area contributed by atoms with Crippen molar-refractivity contribution in [3.8, 4) is 0 Å². The average molecular weight is 157 g/mol. The molecule has 1 aromatic carbocycles. The first-order valence-corrected chi connectivity index (χ1v) is 4.21. The third kappa shape index (κ3) is 1.42. The summed E-state index contributed by atoms with van der Waals surface area (Å²) in [6.07, 6.45) is 0. The first-order valence-electron chi connectivity index (χ1n) is 2.96. The van der Waals surface area contributed by atoms with Gasteiger partial charge in [0.2, 0.25) is 0 Å². The van der Waals surface area contributed by atoms with Gasteiger partial charge in [0, 0.05) is 5.19 Å². The Kier molecular flexibility index (Phi) is 2.16. The van der Waals surface area contributed by atoms with Crippen molar-refractivity contribution in [1.82, 2.24) is 0 Å². The lowest BCUT2D eigenvalue weighted by atomic mass is 10.2. The zero-order valence-corrected chi connectivity index (χ0v) is 6.57. The van der Waals surface area contributed by atoms with Gasteiger partial charge in [-0.15, -0.1) is 0 Å². The van der Waals surface area contributed by atoms with E-state index in [1.807, 2.05) is 0 Å². The summed E-state index contributed by atoms with van der Waals surface area (Å²) in [4.78, 5) is 0.